The van der Waals surface area contributed by atoms with Gasteiger partial charge in [0.15, 0.2) is 0 Å². The maximum atomic E-state index is 13.7. The van der Waals surface area contributed by atoms with Crippen molar-refractivity contribution in [1.29, 1.82) is 0 Å². The van der Waals surface area contributed by atoms with Crippen LogP contribution in [0.25, 0.3) is 0 Å². The molecule has 2 aliphatic rings. The largest absolute Gasteiger partial charge is 0.496 e. The zero-order valence-electron chi connectivity index (χ0n) is 20.9. The average molecular weight is 480 g/mol. The van der Waals surface area contributed by atoms with Gasteiger partial charge in [-0.3, -0.25) is 9.59 Å². The fourth-order valence-corrected chi connectivity index (χ4v) is 5.23. The number of carbonyl (C=O) groups is 2. The number of hydrogen-bond donors (Lipinski definition) is 0. The summed E-state index contributed by atoms with van der Waals surface area (Å²) in [5.74, 6) is 0.544. The predicted molar refractivity (Wildman–Crippen MR) is 137 cm³/mol. The number of fused-ring (bicyclic) bond motifs is 1. The van der Waals surface area contributed by atoms with E-state index >= 15 is 0 Å². The highest BCUT2D eigenvalue weighted by molar-refractivity contribution is 5.97. The number of amides is 2. The molecule has 0 aliphatic carbocycles. The highest BCUT2D eigenvalue weighted by atomic mass is 16.5. The lowest BCUT2D eigenvalue weighted by atomic mass is 10.1. The summed E-state index contributed by atoms with van der Waals surface area (Å²) in [6.07, 6.45) is 3.86. The molecule has 35 heavy (non-hydrogen) atoms. The number of anilines is 1. The lowest BCUT2D eigenvalue weighted by Crippen LogP contribution is -2.43. The topological polar surface area (TPSA) is 62.3 Å². The van der Waals surface area contributed by atoms with E-state index < -0.39 is 0 Å². The molecule has 2 aromatic carbocycles. The summed E-state index contributed by atoms with van der Waals surface area (Å²) in [7, 11) is 1.59. The highest BCUT2D eigenvalue weighted by Gasteiger charge is 2.26. The molecule has 7 nitrogen and oxygen atoms in total. The normalized spacial score (nSPS) is 18.8. The van der Waals surface area contributed by atoms with Gasteiger partial charge in [-0.1, -0.05) is 30.3 Å². The second kappa shape index (κ2) is 12.2. The molecular weight excluding hydrogens is 442 g/mol. The number of para-hydroxylation sites is 2. The number of rotatable bonds is 3. The lowest BCUT2D eigenvalue weighted by molar-refractivity contribution is -0.116. The second-order valence-corrected chi connectivity index (χ2v) is 9.31. The Hall–Kier alpha value is -2.90. The molecule has 0 bridgehead atoms. The first-order valence-corrected chi connectivity index (χ1v) is 12.7. The fourth-order valence-electron chi connectivity index (χ4n) is 5.23. The summed E-state index contributed by atoms with van der Waals surface area (Å²) in [5.41, 5.74) is 2.42. The van der Waals surface area contributed by atoms with Crippen molar-refractivity contribution in [2.24, 2.45) is 0 Å². The summed E-state index contributed by atoms with van der Waals surface area (Å²) in [6, 6.07) is 15.8. The Kier molecular flexibility index (Phi) is 8.77. The number of hydrogen-bond acceptors (Lipinski definition) is 5. The van der Waals surface area contributed by atoms with Crippen LogP contribution in [0, 0.1) is 0 Å². The van der Waals surface area contributed by atoms with Crippen LogP contribution in [-0.4, -0.2) is 74.2 Å². The molecule has 0 N–H and O–H groups in total. The summed E-state index contributed by atoms with van der Waals surface area (Å²) in [5, 5.41) is 0. The SMILES string of the molecule is COc1ccccc1C(=O)N1CCCN(C2CCOCC2)CCCN(C(C)=O)c2ccccc2C1. The molecule has 2 amide bonds. The van der Waals surface area contributed by atoms with Gasteiger partial charge in [0.05, 0.1) is 12.7 Å². The van der Waals surface area contributed by atoms with Crippen molar-refractivity contribution in [2.45, 2.75) is 45.2 Å². The van der Waals surface area contributed by atoms with Crippen molar-refractivity contribution in [1.82, 2.24) is 9.80 Å². The highest BCUT2D eigenvalue weighted by Crippen LogP contribution is 2.26. The maximum absolute atomic E-state index is 13.7. The smallest absolute Gasteiger partial charge is 0.257 e. The third-order valence-electron chi connectivity index (χ3n) is 7.06. The molecule has 2 aliphatic heterocycles. The maximum Gasteiger partial charge on any atom is 0.257 e. The summed E-state index contributed by atoms with van der Waals surface area (Å²) in [4.78, 5) is 32.7. The van der Waals surface area contributed by atoms with Gasteiger partial charge >= 0.3 is 0 Å². The van der Waals surface area contributed by atoms with E-state index in [1.807, 2.05) is 58.3 Å². The molecule has 7 heteroatoms. The minimum atomic E-state index is -0.0543. The summed E-state index contributed by atoms with van der Waals surface area (Å²) >= 11 is 0. The predicted octanol–water partition coefficient (Wildman–Crippen LogP) is 3.97. The van der Waals surface area contributed by atoms with E-state index in [0.29, 0.717) is 37.0 Å². The zero-order valence-corrected chi connectivity index (χ0v) is 20.9. The van der Waals surface area contributed by atoms with Crippen LogP contribution in [0.15, 0.2) is 48.5 Å². The van der Waals surface area contributed by atoms with Gasteiger partial charge in [-0.2, -0.15) is 0 Å². The van der Waals surface area contributed by atoms with Gasteiger partial charge < -0.3 is 24.2 Å². The van der Waals surface area contributed by atoms with E-state index in [9.17, 15) is 9.59 Å². The van der Waals surface area contributed by atoms with E-state index in [0.717, 1.165) is 63.2 Å². The molecule has 0 spiro atoms. The monoisotopic (exact) mass is 479 g/mol. The molecular formula is C28H37N3O4. The lowest BCUT2D eigenvalue weighted by Gasteiger charge is -2.36. The molecule has 1 saturated heterocycles. The van der Waals surface area contributed by atoms with Crippen molar-refractivity contribution in [3.05, 3.63) is 59.7 Å². The average Bonchev–Trinajstić information content (AvgIpc) is 2.89. The standard InChI is InChI=1S/C28H37N3O4/c1-22(32)31-18-8-16-29(24-13-19-35-20-14-24)15-7-17-30(21-23-9-3-5-11-26(23)31)28(33)25-10-4-6-12-27(25)34-2/h3-6,9-12,24H,7-8,13-21H2,1-2H3. The van der Waals surface area contributed by atoms with Gasteiger partial charge in [0.25, 0.3) is 5.91 Å². The molecule has 0 saturated carbocycles. The van der Waals surface area contributed by atoms with Gasteiger partial charge in [-0.15, -0.1) is 0 Å². The molecule has 0 aromatic heterocycles. The number of methoxy groups -OCH3 is 1. The van der Waals surface area contributed by atoms with Crippen LogP contribution in [0.5, 0.6) is 5.75 Å². The molecule has 0 radical (unpaired) electrons. The van der Waals surface area contributed by atoms with Gasteiger partial charge in [0, 0.05) is 64.6 Å². The number of benzene rings is 2. The van der Waals surface area contributed by atoms with Gasteiger partial charge in [0.1, 0.15) is 5.75 Å². The third kappa shape index (κ3) is 6.21. The van der Waals surface area contributed by atoms with Crippen LogP contribution in [0.3, 0.4) is 0 Å². The Morgan fingerprint density at radius 2 is 1.60 bits per heavy atom. The van der Waals surface area contributed by atoms with Crippen LogP contribution >= 0.6 is 0 Å². The number of carbonyl (C=O) groups excluding carboxylic acids is 2. The zero-order chi connectivity index (χ0) is 24.6. The summed E-state index contributed by atoms with van der Waals surface area (Å²) in [6.45, 7) is 6.79. The van der Waals surface area contributed by atoms with Crippen LogP contribution < -0.4 is 9.64 Å². The van der Waals surface area contributed by atoms with Crippen LogP contribution in [-0.2, 0) is 16.1 Å². The molecule has 1 fully saturated rings. The Bertz CT molecular complexity index is 1010. The van der Waals surface area contributed by atoms with Gasteiger partial charge in [0.2, 0.25) is 5.91 Å². The Balaban J connectivity index is 1.66. The van der Waals surface area contributed by atoms with Gasteiger partial charge in [-0.25, -0.2) is 0 Å². The third-order valence-corrected chi connectivity index (χ3v) is 7.06. The van der Waals surface area contributed by atoms with E-state index in [4.69, 9.17) is 9.47 Å². The van der Waals surface area contributed by atoms with E-state index in [1.54, 1.807) is 14.0 Å². The van der Waals surface area contributed by atoms with Gasteiger partial charge in [-0.05, 0) is 49.4 Å². The minimum absolute atomic E-state index is 0.0229. The Labute approximate surface area is 208 Å². The van der Waals surface area contributed by atoms with E-state index in [1.165, 1.54) is 0 Å². The fraction of sp³-hybridized carbons (Fsp3) is 0.500. The van der Waals surface area contributed by atoms with Crippen molar-refractivity contribution >= 4 is 17.5 Å². The van der Waals surface area contributed by atoms with Crippen LogP contribution in [0.1, 0.15) is 48.5 Å². The summed E-state index contributed by atoms with van der Waals surface area (Å²) < 4.78 is 11.1. The van der Waals surface area contributed by atoms with Crippen molar-refractivity contribution in [3.63, 3.8) is 0 Å². The molecule has 0 unspecified atom stereocenters. The van der Waals surface area contributed by atoms with Crippen molar-refractivity contribution in [2.75, 3.05) is 51.4 Å². The van der Waals surface area contributed by atoms with Crippen LogP contribution in [0.4, 0.5) is 5.69 Å². The molecule has 2 heterocycles. The second-order valence-electron chi connectivity index (χ2n) is 9.31. The first-order valence-electron chi connectivity index (χ1n) is 12.7. The Morgan fingerprint density at radius 3 is 2.34 bits per heavy atom. The van der Waals surface area contributed by atoms with Crippen LogP contribution in [0.2, 0.25) is 0 Å². The van der Waals surface area contributed by atoms with E-state index in [-0.39, 0.29) is 11.8 Å². The number of nitrogens with zero attached hydrogens (tertiary/aromatic N) is 3. The van der Waals surface area contributed by atoms with Crippen molar-refractivity contribution < 1.29 is 19.1 Å². The van der Waals surface area contributed by atoms with E-state index in [2.05, 4.69) is 4.90 Å². The van der Waals surface area contributed by atoms with Crippen molar-refractivity contribution in [3.8, 4) is 5.75 Å². The first-order chi connectivity index (χ1) is 17.1. The minimum Gasteiger partial charge on any atom is -0.496 e. The molecule has 4 rings (SSSR count). The number of ether oxygens (including phenoxy) is 2. The quantitative estimate of drug-likeness (QED) is 0.667. The molecule has 2 aromatic rings. The molecule has 188 valence electrons. The first kappa shape index (κ1) is 25.2. The molecule has 0 atom stereocenters. The Morgan fingerprint density at radius 1 is 0.914 bits per heavy atom.